The fourth-order valence-electron chi connectivity index (χ4n) is 4.03. The SMILES string of the molecule is CCS(=N)(=O)Cc1cc2c(Nc3cc(C4CCC(OC(=O)NC(C)(C)C)C4)[nH]n3)nccn2n1. The highest BCUT2D eigenvalue weighted by Crippen LogP contribution is 2.36. The predicted molar refractivity (Wildman–Crippen MR) is 130 cm³/mol. The molecule has 1 amide bonds. The Morgan fingerprint density at radius 2 is 2.15 bits per heavy atom. The molecule has 11 nitrogen and oxygen atoms in total. The van der Waals surface area contributed by atoms with Gasteiger partial charge in [-0.2, -0.15) is 10.2 Å². The molecule has 4 rings (SSSR count). The van der Waals surface area contributed by atoms with E-state index in [0.717, 1.165) is 25.0 Å². The molecule has 3 aromatic rings. The van der Waals surface area contributed by atoms with Crippen LogP contribution < -0.4 is 10.6 Å². The molecular formula is C22H32N8O3S. The number of carbonyl (C=O) groups excluding carboxylic acids is 1. The number of aromatic nitrogens is 5. The van der Waals surface area contributed by atoms with Crippen LogP contribution in [0.5, 0.6) is 0 Å². The van der Waals surface area contributed by atoms with Crippen molar-refractivity contribution in [3.8, 4) is 0 Å². The third-order valence-electron chi connectivity index (χ3n) is 5.71. The van der Waals surface area contributed by atoms with E-state index in [0.29, 0.717) is 22.8 Å². The van der Waals surface area contributed by atoms with Crippen molar-refractivity contribution in [3.05, 3.63) is 35.9 Å². The fraction of sp³-hybridized carbons (Fsp3) is 0.545. The molecule has 1 saturated carbocycles. The molecule has 3 unspecified atom stereocenters. The summed E-state index contributed by atoms with van der Waals surface area (Å²) < 4.78 is 27.3. The van der Waals surface area contributed by atoms with Gasteiger partial charge in [0.25, 0.3) is 0 Å². The number of alkyl carbamates (subject to hydrolysis) is 1. The lowest BCUT2D eigenvalue weighted by molar-refractivity contribution is 0.0936. The predicted octanol–water partition coefficient (Wildman–Crippen LogP) is 3.92. The standard InChI is InChI=1S/C22H32N8O3S/c1-5-34(23,32)13-15-11-18-20(24-8-9-30(18)29-15)25-19-12-17(27-28-19)14-6-7-16(10-14)33-21(31)26-22(2,3)4/h8-9,11-12,14,16,23H,5-7,10,13H2,1-4H3,(H,26,31)(H2,24,25,27,28). The summed E-state index contributed by atoms with van der Waals surface area (Å²) in [7, 11) is -2.69. The zero-order valence-corrected chi connectivity index (χ0v) is 20.7. The number of amides is 1. The molecule has 3 aromatic heterocycles. The van der Waals surface area contributed by atoms with E-state index in [9.17, 15) is 9.00 Å². The highest BCUT2D eigenvalue weighted by atomic mass is 32.2. The van der Waals surface area contributed by atoms with Crippen molar-refractivity contribution in [2.75, 3.05) is 11.1 Å². The van der Waals surface area contributed by atoms with E-state index in [2.05, 4.69) is 30.9 Å². The first kappa shape index (κ1) is 24.0. The highest BCUT2D eigenvalue weighted by molar-refractivity contribution is 7.91. The van der Waals surface area contributed by atoms with Gasteiger partial charge in [-0.3, -0.25) is 9.88 Å². The Balaban J connectivity index is 1.41. The molecule has 184 valence electrons. The third-order valence-corrected chi connectivity index (χ3v) is 7.40. The molecule has 0 aliphatic heterocycles. The van der Waals surface area contributed by atoms with Gasteiger partial charge in [0.1, 0.15) is 11.6 Å². The van der Waals surface area contributed by atoms with Crippen molar-refractivity contribution < 1.29 is 13.7 Å². The Bertz CT molecular complexity index is 1270. The lowest BCUT2D eigenvalue weighted by Crippen LogP contribution is -2.42. The van der Waals surface area contributed by atoms with Crippen LogP contribution in [-0.2, 0) is 20.2 Å². The zero-order chi connectivity index (χ0) is 24.5. The van der Waals surface area contributed by atoms with Gasteiger partial charge in [0.15, 0.2) is 11.6 Å². The average molecular weight is 489 g/mol. The molecule has 1 fully saturated rings. The maximum Gasteiger partial charge on any atom is 0.407 e. The number of aromatic amines is 1. The topological polar surface area (TPSA) is 150 Å². The molecule has 4 N–H and O–H groups in total. The Kier molecular flexibility index (Phi) is 6.52. The molecule has 3 heterocycles. The number of fused-ring (bicyclic) bond motifs is 1. The highest BCUT2D eigenvalue weighted by Gasteiger charge is 2.30. The summed E-state index contributed by atoms with van der Waals surface area (Å²) in [5, 5.41) is 18.0. The largest absolute Gasteiger partial charge is 0.446 e. The summed E-state index contributed by atoms with van der Waals surface area (Å²) in [6.07, 6.45) is 5.28. The van der Waals surface area contributed by atoms with Crippen molar-refractivity contribution in [3.63, 3.8) is 0 Å². The van der Waals surface area contributed by atoms with Crippen molar-refractivity contribution in [2.45, 2.75) is 70.3 Å². The Morgan fingerprint density at radius 3 is 2.88 bits per heavy atom. The quantitative estimate of drug-likeness (QED) is 0.393. The molecule has 1 aliphatic carbocycles. The van der Waals surface area contributed by atoms with Crippen molar-refractivity contribution in [2.24, 2.45) is 0 Å². The van der Waals surface area contributed by atoms with Crippen molar-refractivity contribution in [1.29, 1.82) is 4.78 Å². The second kappa shape index (κ2) is 9.24. The number of carbonyl (C=O) groups is 1. The van der Waals surface area contributed by atoms with Crippen LogP contribution in [0.3, 0.4) is 0 Å². The number of rotatable bonds is 7. The van der Waals surface area contributed by atoms with Gasteiger partial charge in [0.05, 0.1) is 11.4 Å². The Hall–Kier alpha value is -3.15. The van der Waals surface area contributed by atoms with Crippen molar-refractivity contribution >= 4 is 33.0 Å². The van der Waals surface area contributed by atoms with Gasteiger partial charge >= 0.3 is 6.09 Å². The van der Waals surface area contributed by atoms with Gasteiger partial charge in [-0.1, -0.05) is 6.92 Å². The second-order valence-electron chi connectivity index (χ2n) is 9.73. The monoisotopic (exact) mass is 488 g/mol. The molecular weight excluding hydrogens is 456 g/mol. The summed E-state index contributed by atoms with van der Waals surface area (Å²) in [4.78, 5) is 16.5. The molecule has 12 heteroatoms. The van der Waals surface area contributed by atoms with Gasteiger partial charge in [-0.25, -0.2) is 18.5 Å². The minimum Gasteiger partial charge on any atom is -0.446 e. The van der Waals surface area contributed by atoms with Crippen LogP contribution in [0.4, 0.5) is 16.4 Å². The number of H-pyrrole nitrogens is 1. The van der Waals surface area contributed by atoms with E-state index >= 15 is 0 Å². The minimum absolute atomic E-state index is 0.107. The molecule has 0 bridgehead atoms. The molecule has 3 atom stereocenters. The molecule has 34 heavy (non-hydrogen) atoms. The summed E-state index contributed by atoms with van der Waals surface area (Å²) in [5.74, 6) is 1.80. The normalized spacial score (nSPS) is 20.2. The molecule has 0 saturated heterocycles. The number of ether oxygens (including phenoxy) is 1. The van der Waals surface area contributed by atoms with E-state index in [-0.39, 0.29) is 35.2 Å². The van der Waals surface area contributed by atoms with E-state index in [1.54, 1.807) is 29.9 Å². The Morgan fingerprint density at radius 1 is 1.35 bits per heavy atom. The van der Waals surface area contributed by atoms with Gasteiger partial charge in [-0.05, 0) is 46.1 Å². The lowest BCUT2D eigenvalue weighted by Gasteiger charge is -2.22. The smallest absolute Gasteiger partial charge is 0.407 e. The molecule has 0 aromatic carbocycles. The number of hydrogen-bond acceptors (Lipinski definition) is 8. The van der Waals surface area contributed by atoms with Gasteiger partial charge in [-0.15, -0.1) is 0 Å². The average Bonchev–Trinajstić information content (AvgIpc) is 3.46. The minimum atomic E-state index is -2.69. The van der Waals surface area contributed by atoms with Gasteiger partial charge < -0.3 is 15.4 Å². The van der Waals surface area contributed by atoms with Gasteiger partial charge in [0, 0.05) is 51.1 Å². The van der Waals surface area contributed by atoms with Crippen LogP contribution in [0.2, 0.25) is 0 Å². The maximum atomic E-state index is 12.2. The van der Waals surface area contributed by atoms with Gasteiger partial charge in [0.2, 0.25) is 0 Å². The maximum absolute atomic E-state index is 12.2. The first-order valence-corrected chi connectivity index (χ1v) is 13.3. The molecule has 0 spiro atoms. The molecule has 0 radical (unpaired) electrons. The number of anilines is 2. The number of nitrogens with zero attached hydrogens (tertiary/aromatic N) is 4. The Labute approximate surface area is 199 Å². The summed E-state index contributed by atoms with van der Waals surface area (Å²) in [5.41, 5.74) is 1.95. The van der Waals surface area contributed by atoms with E-state index < -0.39 is 9.73 Å². The first-order valence-electron chi connectivity index (χ1n) is 11.4. The van der Waals surface area contributed by atoms with Crippen LogP contribution in [-0.4, -0.2) is 52.5 Å². The van der Waals surface area contributed by atoms with Crippen molar-refractivity contribution in [1.82, 2.24) is 30.1 Å². The van der Waals surface area contributed by atoms with E-state index in [1.807, 2.05) is 26.8 Å². The lowest BCUT2D eigenvalue weighted by atomic mass is 10.0. The second-order valence-corrected chi connectivity index (χ2v) is 12.2. The number of nitrogens with one attached hydrogen (secondary N) is 4. The molecule has 1 aliphatic rings. The van der Waals surface area contributed by atoms with Crippen LogP contribution in [0, 0.1) is 4.78 Å². The van der Waals surface area contributed by atoms with Crippen LogP contribution >= 0.6 is 0 Å². The summed E-state index contributed by atoms with van der Waals surface area (Å²) in [6, 6.07) is 3.74. The summed E-state index contributed by atoms with van der Waals surface area (Å²) in [6.45, 7) is 7.51. The first-order chi connectivity index (χ1) is 16.0. The number of hydrogen-bond donors (Lipinski definition) is 4. The fourth-order valence-corrected chi connectivity index (χ4v) is 4.85. The van der Waals surface area contributed by atoms with Crippen LogP contribution in [0.15, 0.2) is 24.5 Å². The zero-order valence-electron chi connectivity index (χ0n) is 19.9. The third kappa shape index (κ3) is 5.85. The van der Waals surface area contributed by atoms with E-state index in [4.69, 9.17) is 9.52 Å². The van der Waals surface area contributed by atoms with Crippen LogP contribution in [0.1, 0.15) is 64.3 Å². The van der Waals surface area contributed by atoms with E-state index in [1.165, 1.54) is 0 Å². The summed E-state index contributed by atoms with van der Waals surface area (Å²) >= 11 is 0. The van der Waals surface area contributed by atoms with Crippen LogP contribution in [0.25, 0.3) is 5.52 Å².